The van der Waals surface area contributed by atoms with E-state index < -0.39 is 0 Å². The van der Waals surface area contributed by atoms with Crippen LogP contribution >= 0.6 is 11.6 Å². The van der Waals surface area contributed by atoms with E-state index in [0.717, 1.165) is 16.9 Å². The van der Waals surface area contributed by atoms with E-state index in [1.54, 1.807) is 27.8 Å². The van der Waals surface area contributed by atoms with Crippen molar-refractivity contribution in [1.29, 1.82) is 0 Å². The second kappa shape index (κ2) is 9.44. The van der Waals surface area contributed by atoms with Gasteiger partial charge in [0.15, 0.2) is 0 Å². The minimum atomic E-state index is -0.202. The fourth-order valence-electron chi connectivity index (χ4n) is 3.54. The molecule has 0 unspecified atom stereocenters. The van der Waals surface area contributed by atoms with Crippen LogP contribution in [0, 0.1) is 0 Å². The number of halogens is 1. The Bertz CT molecular complexity index is 1110. The van der Waals surface area contributed by atoms with Crippen LogP contribution in [0.15, 0.2) is 54.6 Å². The molecular weight excluding hydrogens is 428 g/mol. The van der Waals surface area contributed by atoms with Crippen molar-refractivity contribution in [2.45, 2.75) is 33.0 Å². The lowest BCUT2D eigenvalue weighted by Gasteiger charge is -2.26. The summed E-state index contributed by atoms with van der Waals surface area (Å²) in [6.07, 6.45) is 0.112. The molecule has 0 saturated carbocycles. The zero-order valence-corrected chi connectivity index (χ0v) is 18.8. The van der Waals surface area contributed by atoms with Gasteiger partial charge < -0.3 is 15.0 Å². The fraction of sp³-hybridized carbons (Fsp3) is 0.292. The van der Waals surface area contributed by atoms with Crippen LogP contribution in [-0.4, -0.2) is 45.7 Å². The number of fused-ring (bicyclic) bond motifs is 1. The normalized spacial score (nSPS) is 13.2. The molecule has 0 radical (unpaired) electrons. The first-order chi connectivity index (χ1) is 15.4. The van der Waals surface area contributed by atoms with Crippen LogP contribution < -0.4 is 10.1 Å². The third-order valence-corrected chi connectivity index (χ3v) is 5.38. The lowest BCUT2D eigenvalue weighted by Crippen LogP contribution is -2.45. The minimum absolute atomic E-state index is 0.00877. The summed E-state index contributed by atoms with van der Waals surface area (Å²) >= 11 is 5.95. The van der Waals surface area contributed by atoms with Gasteiger partial charge in [-0.05, 0) is 49.7 Å². The first-order valence-corrected chi connectivity index (χ1v) is 10.9. The van der Waals surface area contributed by atoms with Crippen molar-refractivity contribution in [2.24, 2.45) is 0 Å². The quantitative estimate of drug-likeness (QED) is 0.592. The molecule has 1 aliphatic heterocycles. The summed E-state index contributed by atoms with van der Waals surface area (Å²) in [7, 11) is 0. The summed E-state index contributed by atoms with van der Waals surface area (Å²) < 4.78 is 7.32. The Kier molecular flexibility index (Phi) is 6.46. The molecule has 7 nitrogen and oxygen atoms in total. The molecule has 0 saturated heterocycles. The van der Waals surface area contributed by atoms with E-state index in [-0.39, 0.29) is 24.5 Å². The van der Waals surface area contributed by atoms with Crippen LogP contribution in [0.3, 0.4) is 0 Å². The molecule has 0 atom stereocenters. The Morgan fingerprint density at radius 3 is 2.53 bits per heavy atom. The van der Waals surface area contributed by atoms with Crippen molar-refractivity contribution in [3.8, 4) is 17.0 Å². The lowest BCUT2D eigenvalue weighted by atomic mass is 10.1. The van der Waals surface area contributed by atoms with Crippen molar-refractivity contribution in [1.82, 2.24) is 20.0 Å². The smallest absolute Gasteiger partial charge is 0.272 e. The molecule has 1 aromatic heterocycles. The van der Waals surface area contributed by atoms with Crippen LogP contribution in [0.1, 0.15) is 29.9 Å². The summed E-state index contributed by atoms with van der Waals surface area (Å²) in [4.78, 5) is 26.9. The second-order valence-electron chi connectivity index (χ2n) is 7.96. The van der Waals surface area contributed by atoms with Crippen molar-refractivity contribution < 1.29 is 14.3 Å². The summed E-state index contributed by atoms with van der Waals surface area (Å²) in [5.41, 5.74) is 3.04. The van der Waals surface area contributed by atoms with Gasteiger partial charge in [-0.1, -0.05) is 35.9 Å². The van der Waals surface area contributed by atoms with Crippen LogP contribution in [0.4, 0.5) is 0 Å². The van der Waals surface area contributed by atoms with Gasteiger partial charge in [0.25, 0.3) is 5.91 Å². The summed E-state index contributed by atoms with van der Waals surface area (Å²) in [5, 5.41) is 8.05. The van der Waals surface area contributed by atoms with Gasteiger partial charge in [-0.25, -0.2) is 0 Å². The number of rotatable bonds is 7. The molecule has 2 aromatic carbocycles. The molecule has 166 valence electrons. The number of nitrogens with one attached hydrogen (secondary N) is 1. The van der Waals surface area contributed by atoms with E-state index in [0.29, 0.717) is 36.0 Å². The van der Waals surface area contributed by atoms with Gasteiger partial charge in [0.05, 0.1) is 24.9 Å². The zero-order chi connectivity index (χ0) is 22.7. The predicted octanol–water partition coefficient (Wildman–Crippen LogP) is 3.76. The van der Waals surface area contributed by atoms with Gasteiger partial charge in [-0.2, -0.15) is 5.10 Å². The van der Waals surface area contributed by atoms with E-state index in [2.05, 4.69) is 10.4 Å². The molecule has 0 fully saturated rings. The Morgan fingerprint density at radius 1 is 1.12 bits per heavy atom. The molecular formula is C24H25ClN4O3. The standard InChI is InChI=1S/C24H25ClN4O3/c1-16(2)32-20-9-3-17(4-10-20)14-26-23(30)15-28-11-12-29-22(24(28)31)13-21(27-29)18-5-7-19(25)8-6-18/h3-10,13,16H,11-12,14-15H2,1-2H3,(H,26,30). The largest absolute Gasteiger partial charge is 0.491 e. The molecule has 2 heterocycles. The monoisotopic (exact) mass is 452 g/mol. The van der Waals surface area contributed by atoms with Crippen LogP contribution in [0.25, 0.3) is 11.3 Å². The highest BCUT2D eigenvalue weighted by molar-refractivity contribution is 6.30. The zero-order valence-electron chi connectivity index (χ0n) is 18.0. The number of hydrogen-bond acceptors (Lipinski definition) is 4. The van der Waals surface area contributed by atoms with Gasteiger partial charge in [0.1, 0.15) is 11.4 Å². The number of aromatic nitrogens is 2. The predicted molar refractivity (Wildman–Crippen MR) is 123 cm³/mol. The van der Waals surface area contributed by atoms with E-state index in [9.17, 15) is 9.59 Å². The van der Waals surface area contributed by atoms with Crippen LogP contribution in [-0.2, 0) is 17.9 Å². The van der Waals surface area contributed by atoms with Crippen LogP contribution in [0.5, 0.6) is 5.75 Å². The van der Waals surface area contributed by atoms with E-state index in [4.69, 9.17) is 16.3 Å². The lowest BCUT2D eigenvalue weighted by molar-refractivity contribution is -0.122. The maximum Gasteiger partial charge on any atom is 0.272 e. The number of ether oxygens (including phenoxy) is 1. The Hall–Kier alpha value is -3.32. The minimum Gasteiger partial charge on any atom is -0.491 e. The summed E-state index contributed by atoms with van der Waals surface area (Å²) in [6.45, 7) is 5.32. The number of hydrogen-bond donors (Lipinski definition) is 1. The van der Waals surface area contributed by atoms with Crippen molar-refractivity contribution >= 4 is 23.4 Å². The average molecular weight is 453 g/mol. The van der Waals surface area contributed by atoms with Crippen LogP contribution in [0.2, 0.25) is 5.02 Å². The highest BCUT2D eigenvalue weighted by Gasteiger charge is 2.28. The van der Waals surface area contributed by atoms with Crippen molar-refractivity contribution in [3.05, 3.63) is 70.9 Å². The van der Waals surface area contributed by atoms with E-state index in [1.807, 2.05) is 50.2 Å². The summed E-state index contributed by atoms with van der Waals surface area (Å²) in [6, 6.07) is 16.7. The third kappa shape index (κ3) is 5.11. The van der Waals surface area contributed by atoms with E-state index >= 15 is 0 Å². The maximum absolute atomic E-state index is 12.9. The molecule has 1 aliphatic rings. The van der Waals surface area contributed by atoms with Crippen molar-refractivity contribution in [3.63, 3.8) is 0 Å². The number of nitrogens with zero attached hydrogens (tertiary/aromatic N) is 3. The van der Waals surface area contributed by atoms with Crippen molar-refractivity contribution in [2.75, 3.05) is 13.1 Å². The highest BCUT2D eigenvalue weighted by atomic mass is 35.5. The van der Waals surface area contributed by atoms with Gasteiger partial charge in [-0.3, -0.25) is 14.3 Å². The van der Waals surface area contributed by atoms with Gasteiger partial charge in [-0.15, -0.1) is 0 Å². The number of benzene rings is 2. The molecule has 3 aromatic rings. The Balaban J connectivity index is 1.34. The van der Waals surface area contributed by atoms with Gasteiger partial charge in [0.2, 0.25) is 5.91 Å². The molecule has 2 amide bonds. The summed E-state index contributed by atoms with van der Waals surface area (Å²) in [5.74, 6) is 0.393. The number of amides is 2. The average Bonchev–Trinajstić information content (AvgIpc) is 3.20. The SMILES string of the molecule is CC(C)Oc1ccc(CNC(=O)CN2CCn3nc(-c4ccc(Cl)cc4)cc3C2=O)cc1. The Labute approximate surface area is 191 Å². The molecule has 4 rings (SSSR count). The molecule has 32 heavy (non-hydrogen) atoms. The molecule has 0 aliphatic carbocycles. The highest BCUT2D eigenvalue weighted by Crippen LogP contribution is 2.23. The first kappa shape index (κ1) is 21.9. The fourth-order valence-corrected chi connectivity index (χ4v) is 3.66. The van der Waals surface area contributed by atoms with Gasteiger partial charge in [0, 0.05) is 23.7 Å². The maximum atomic E-state index is 12.9. The molecule has 1 N–H and O–H groups in total. The topological polar surface area (TPSA) is 76.5 Å². The molecule has 8 heteroatoms. The molecule has 0 bridgehead atoms. The Morgan fingerprint density at radius 2 is 1.84 bits per heavy atom. The number of carbonyl (C=O) groups excluding carboxylic acids is 2. The second-order valence-corrected chi connectivity index (χ2v) is 8.40. The van der Waals surface area contributed by atoms with Gasteiger partial charge >= 0.3 is 0 Å². The van der Waals surface area contributed by atoms with E-state index in [1.165, 1.54) is 0 Å². The first-order valence-electron chi connectivity index (χ1n) is 10.5. The number of carbonyl (C=O) groups is 2. The third-order valence-electron chi connectivity index (χ3n) is 5.13. The molecule has 0 spiro atoms.